The van der Waals surface area contributed by atoms with Crippen molar-refractivity contribution in [2.45, 2.75) is 24.2 Å². The molecular weight excluding hydrogens is 247 g/mol. The number of halogens is 1. The Morgan fingerprint density at radius 1 is 1.67 bits per heavy atom. The summed E-state index contributed by atoms with van der Waals surface area (Å²) < 4.78 is 1.17. The van der Waals surface area contributed by atoms with Crippen LogP contribution in [0.1, 0.15) is 12.8 Å². The van der Waals surface area contributed by atoms with Crippen LogP contribution in [-0.2, 0) is 0 Å². The van der Waals surface area contributed by atoms with E-state index in [-0.39, 0.29) is 6.10 Å². The highest BCUT2D eigenvalue weighted by Gasteiger charge is 2.24. The molecule has 0 amide bonds. The third kappa shape index (κ3) is 2.27. The molecule has 0 aromatic rings. The van der Waals surface area contributed by atoms with Crippen LogP contribution < -0.4 is 0 Å². The van der Waals surface area contributed by atoms with Gasteiger partial charge >= 0.3 is 0 Å². The summed E-state index contributed by atoms with van der Waals surface area (Å²) in [5.41, 5.74) is 0. The lowest BCUT2D eigenvalue weighted by Crippen LogP contribution is -2.16. The summed E-state index contributed by atoms with van der Waals surface area (Å²) in [7, 11) is 0. The zero-order valence-corrected chi connectivity index (χ0v) is 8.19. The quantitative estimate of drug-likeness (QED) is 0.600. The van der Waals surface area contributed by atoms with Crippen LogP contribution in [0.5, 0.6) is 0 Å². The topological polar surface area (TPSA) is 20.2 Å². The van der Waals surface area contributed by atoms with Gasteiger partial charge in [0.2, 0.25) is 0 Å². The molecule has 3 heteroatoms. The maximum Gasteiger partial charge on any atom is 0.0666 e. The first-order valence-corrected chi connectivity index (χ1v) is 5.77. The molecule has 0 aromatic heterocycles. The molecule has 0 unspecified atom stereocenters. The standard InChI is InChI=1S/C6H11IOS/c7-3-1-6-5(8)2-4-9-6/h5-6,8H,1-4H2/t5-,6+/m1/s1. The lowest BCUT2D eigenvalue weighted by atomic mass is 10.2. The second kappa shape index (κ2) is 4.03. The number of thioether (sulfide) groups is 1. The number of rotatable bonds is 2. The fourth-order valence-corrected chi connectivity index (χ4v) is 3.44. The molecule has 2 atom stereocenters. The van der Waals surface area contributed by atoms with Crippen LogP contribution in [0.15, 0.2) is 0 Å². The van der Waals surface area contributed by atoms with Crippen molar-refractivity contribution in [3.63, 3.8) is 0 Å². The summed E-state index contributed by atoms with van der Waals surface area (Å²) in [6.07, 6.45) is 2.17. The molecule has 0 spiro atoms. The number of alkyl halides is 1. The van der Waals surface area contributed by atoms with Crippen LogP contribution in [-0.4, -0.2) is 26.6 Å². The van der Waals surface area contributed by atoms with Crippen molar-refractivity contribution < 1.29 is 5.11 Å². The van der Waals surface area contributed by atoms with Crippen molar-refractivity contribution in [3.05, 3.63) is 0 Å². The Bertz CT molecular complexity index is 89.1. The molecule has 0 radical (unpaired) electrons. The minimum Gasteiger partial charge on any atom is -0.392 e. The second-order valence-corrected chi connectivity index (χ2v) is 4.67. The average Bonchev–Trinajstić information content (AvgIpc) is 2.18. The predicted molar refractivity (Wildman–Crippen MR) is 50.4 cm³/mol. The first kappa shape index (κ1) is 8.14. The van der Waals surface area contributed by atoms with Gasteiger partial charge in [-0.3, -0.25) is 0 Å². The Morgan fingerprint density at radius 3 is 2.89 bits per heavy atom. The average molecular weight is 258 g/mol. The maximum absolute atomic E-state index is 9.30. The minimum atomic E-state index is -0.00948. The molecule has 1 rings (SSSR count). The van der Waals surface area contributed by atoms with E-state index in [9.17, 15) is 5.11 Å². The monoisotopic (exact) mass is 258 g/mol. The van der Waals surface area contributed by atoms with Gasteiger partial charge in [-0.2, -0.15) is 11.8 Å². The molecule has 0 aliphatic carbocycles. The molecule has 54 valence electrons. The number of aliphatic hydroxyl groups is 1. The smallest absolute Gasteiger partial charge is 0.0666 e. The van der Waals surface area contributed by atoms with Crippen molar-refractivity contribution in [1.82, 2.24) is 0 Å². The van der Waals surface area contributed by atoms with Crippen LogP contribution in [0.3, 0.4) is 0 Å². The lowest BCUT2D eigenvalue weighted by molar-refractivity contribution is 0.175. The van der Waals surface area contributed by atoms with Gasteiger partial charge in [-0.15, -0.1) is 0 Å². The minimum absolute atomic E-state index is 0.00948. The summed E-state index contributed by atoms with van der Waals surface area (Å²) in [4.78, 5) is 0. The van der Waals surface area contributed by atoms with Crippen molar-refractivity contribution >= 4 is 34.4 Å². The zero-order valence-electron chi connectivity index (χ0n) is 5.22. The van der Waals surface area contributed by atoms with E-state index in [1.54, 1.807) is 0 Å². The van der Waals surface area contributed by atoms with Gasteiger partial charge in [0.15, 0.2) is 0 Å². The molecule has 1 N–H and O–H groups in total. The van der Waals surface area contributed by atoms with Crippen molar-refractivity contribution in [2.75, 3.05) is 10.2 Å². The highest BCUT2D eigenvalue weighted by atomic mass is 127. The maximum atomic E-state index is 9.30. The van der Waals surface area contributed by atoms with Gasteiger partial charge in [0.05, 0.1) is 6.10 Å². The number of hydrogen-bond donors (Lipinski definition) is 1. The van der Waals surface area contributed by atoms with Crippen LogP contribution in [0.25, 0.3) is 0 Å². The Labute approximate surface area is 73.7 Å². The highest BCUT2D eigenvalue weighted by Crippen LogP contribution is 2.29. The SMILES string of the molecule is O[C@@H]1CCS[C@H]1CCI. The molecule has 1 aliphatic heterocycles. The van der Waals surface area contributed by atoms with Crippen LogP contribution >= 0.6 is 34.4 Å². The largest absolute Gasteiger partial charge is 0.392 e. The highest BCUT2D eigenvalue weighted by molar-refractivity contribution is 14.1. The fourth-order valence-electron chi connectivity index (χ4n) is 1.02. The normalized spacial score (nSPS) is 35.3. The molecule has 1 nitrogen and oxygen atoms in total. The molecule has 9 heavy (non-hydrogen) atoms. The van der Waals surface area contributed by atoms with Crippen molar-refractivity contribution in [3.8, 4) is 0 Å². The third-order valence-electron chi connectivity index (χ3n) is 1.57. The first-order valence-electron chi connectivity index (χ1n) is 3.20. The molecule has 1 heterocycles. The molecule has 0 saturated carbocycles. The molecule has 0 aromatic carbocycles. The number of aliphatic hydroxyl groups excluding tert-OH is 1. The summed E-state index contributed by atoms with van der Waals surface area (Å²) in [6, 6.07) is 0. The van der Waals surface area contributed by atoms with E-state index >= 15 is 0 Å². The van der Waals surface area contributed by atoms with Gasteiger partial charge in [0.25, 0.3) is 0 Å². The summed E-state index contributed by atoms with van der Waals surface area (Å²) in [5.74, 6) is 1.16. The lowest BCUT2D eigenvalue weighted by Gasteiger charge is -2.10. The van der Waals surface area contributed by atoms with E-state index in [0.717, 1.165) is 12.2 Å². The molecule has 1 aliphatic rings. The molecule has 0 bridgehead atoms. The zero-order chi connectivity index (χ0) is 6.69. The van der Waals surface area contributed by atoms with Crippen molar-refractivity contribution in [1.29, 1.82) is 0 Å². The van der Waals surface area contributed by atoms with E-state index in [0.29, 0.717) is 5.25 Å². The van der Waals surface area contributed by atoms with E-state index in [1.807, 2.05) is 11.8 Å². The Hall–Kier alpha value is 1.04. The van der Waals surface area contributed by atoms with Gasteiger partial charge in [-0.25, -0.2) is 0 Å². The van der Waals surface area contributed by atoms with Gasteiger partial charge in [0, 0.05) is 9.68 Å². The van der Waals surface area contributed by atoms with Gasteiger partial charge in [-0.1, -0.05) is 22.6 Å². The first-order chi connectivity index (χ1) is 4.34. The molecule has 1 fully saturated rings. The van der Waals surface area contributed by atoms with Crippen LogP contribution in [0.4, 0.5) is 0 Å². The van der Waals surface area contributed by atoms with E-state index < -0.39 is 0 Å². The van der Waals surface area contributed by atoms with Crippen LogP contribution in [0.2, 0.25) is 0 Å². The Morgan fingerprint density at radius 2 is 2.44 bits per heavy atom. The van der Waals surface area contributed by atoms with E-state index in [1.165, 1.54) is 10.8 Å². The molecular formula is C6H11IOS. The summed E-state index contributed by atoms with van der Waals surface area (Å²) in [5, 5.41) is 9.84. The summed E-state index contributed by atoms with van der Waals surface area (Å²) >= 11 is 4.28. The van der Waals surface area contributed by atoms with Crippen LogP contribution in [0, 0.1) is 0 Å². The third-order valence-corrected chi connectivity index (χ3v) is 3.64. The fraction of sp³-hybridized carbons (Fsp3) is 1.00. The Kier molecular flexibility index (Phi) is 3.65. The Balaban J connectivity index is 2.22. The second-order valence-electron chi connectivity index (χ2n) is 2.24. The van der Waals surface area contributed by atoms with Crippen molar-refractivity contribution in [2.24, 2.45) is 0 Å². The van der Waals surface area contributed by atoms with E-state index in [2.05, 4.69) is 22.6 Å². The van der Waals surface area contributed by atoms with Gasteiger partial charge in [-0.05, 0) is 18.6 Å². The summed E-state index contributed by atoms with van der Waals surface area (Å²) in [6.45, 7) is 0. The van der Waals surface area contributed by atoms with Gasteiger partial charge in [0.1, 0.15) is 0 Å². The van der Waals surface area contributed by atoms with Gasteiger partial charge < -0.3 is 5.11 Å². The number of hydrogen-bond acceptors (Lipinski definition) is 2. The molecule has 1 saturated heterocycles. The van der Waals surface area contributed by atoms with E-state index in [4.69, 9.17) is 0 Å². The predicted octanol–water partition coefficient (Wildman–Crippen LogP) is 1.68.